The first-order chi connectivity index (χ1) is 9.49. The Kier molecular flexibility index (Phi) is 4.39. The molecule has 1 heterocycles. The second-order valence-corrected chi connectivity index (χ2v) is 5.65. The van der Waals surface area contributed by atoms with Gasteiger partial charge in [0.05, 0.1) is 12.3 Å². The molecule has 0 radical (unpaired) electrons. The van der Waals surface area contributed by atoms with Crippen LogP contribution in [0.2, 0.25) is 0 Å². The van der Waals surface area contributed by atoms with Gasteiger partial charge in [-0.2, -0.15) is 0 Å². The number of ether oxygens (including phenoxy) is 1. The van der Waals surface area contributed by atoms with Crippen LogP contribution in [0.4, 0.5) is 10.8 Å². The van der Waals surface area contributed by atoms with E-state index in [0.717, 1.165) is 5.69 Å². The molecule has 1 aromatic heterocycles. The topological polar surface area (TPSA) is 51.2 Å². The maximum absolute atomic E-state index is 11.8. The summed E-state index contributed by atoms with van der Waals surface area (Å²) in [6.45, 7) is 8.08. The fourth-order valence-corrected chi connectivity index (χ4v) is 2.89. The number of nitrogens with one attached hydrogen (secondary N) is 1. The molecule has 0 atom stereocenters. The van der Waals surface area contributed by atoms with Gasteiger partial charge in [0.1, 0.15) is 4.88 Å². The van der Waals surface area contributed by atoms with Crippen LogP contribution in [0.5, 0.6) is 0 Å². The molecule has 0 amide bonds. The third-order valence-corrected chi connectivity index (χ3v) is 3.78. The molecular weight excluding hydrogens is 272 g/mol. The van der Waals surface area contributed by atoms with Crippen molar-refractivity contribution in [2.45, 2.75) is 27.7 Å². The van der Waals surface area contributed by atoms with Crippen molar-refractivity contribution in [2.24, 2.45) is 0 Å². The van der Waals surface area contributed by atoms with E-state index in [-0.39, 0.29) is 5.97 Å². The lowest BCUT2D eigenvalue weighted by Gasteiger charge is -2.05. The molecule has 5 heteroatoms. The van der Waals surface area contributed by atoms with Gasteiger partial charge in [-0.25, -0.2) is 9.78 Å². The number of hydrogen-bond acceptors (Lipinski definition) is 5. The van der Waals surface area contributed by atoms with Crippen LogP contribution >= 0.6 is 11.3 Å². The Balaban J connectivity index is 2.22. The summed E-state index contributed by atoms with van der Waals surface area (Å²) in [5, 5.41) is 3.95. The summed E-state index contributed by atoms with van der Waals surface area (Å²) in [6.07, 6.45) is 0. The standard InChI is InChI=1S/C15H18N2O2S/c1-5-19-14(18)13-11(4)16-15(20-13)17-12-7-9(2)6-10(3)8-12/h6-8H,5H2,1-4H3,(H,16,17). The van der Waals surface area contributed by atoms with E-state index in [1.165, 1.54) is 22.5 Å². The Morgan fingerprint density at radius 1 is 1.25 bits per heavy atom. The van der Waals surface area contributed by atoms with Crippen LogP contribution in [-0.2, 0) is 4.74 Å². The van der Waals surface area contributed by atoms with Gasteiger partial charge in [-0.1, -0.05) is 17.4 Å². The number of anilines is 2. The largest absolute Gasteiger partial charge is 0.462 e. The van der Waals surface area contributed by atoms with Crippen molar-refractivity contribution in [1.82, 2.24) is 4.98 Å². The first-order valence-corrected chi connectivity index (χ1v) is 7.31. The zero-order valence-electron chi connectivity index (χ0n) is 12.1. The molecule has 0 aliphatic heterocycles. The summed E-state index contributed by atoms with van der Waals surface area (Å²) >= 11 is 1.32. The van der Waals surface area contributed by atoms with Gasteiger partial charge in [0.15, 0.2) is 5.13 Å². The maximum atomic E-state index is 11.8. The molecule has 0 saturated carbocycles. The number of nitrogens with zero attached hydrogens (tertiary/aromatic N) is 1. The molecule has 0 bridgehead atoms. The van der Waals surface area contributed by atoms with Crippen LogP contribution in [0, 0.1) is 20.8 Å². The number of rotatable bonds is 4. The first-order valence-electron chi connectivity index (χ1n) is 6.49. The van der Waals surface area contributed by atoms with Gasteiger partial charge in [-0.15, -0.1) is 0 Å². The predicted molar refractivity (Wildman–Crippen MR) is 82.0 cm³/mol. The zero-order valence-corrected chi connectivity index (χ0v) is 12.9. The van der Waals surface area contributed by atoms with Crippen LogP contribution in [0.25, 0.3) is 0 Å². The van der Waals surface area contributed by atoms with Crippen molar-refractivity contribution < 1.29 is 9.53 Å². The first kappa shape index (κ1) is 14.5. The molecule has 2 rings (SSSR count). The molecule has 0 saturated heterocycles. The van der Waals surface area contributed by atoms with Crippen LogP contribution in [-0.4, -0.2) is 17.6 Å². The SMILES string of the molecule is CCOC(=O)c1sc(Nc2cc(C)cc(C)c2)nc1C. The van der Waals surface area contributed by atoms with Gasteiger partial charge < -0.3 is 10.1 Å². The average molecular weight is 290 g/mol. The summed E-state index contributed by atoms with van der Waals surface area (Å²) in [5.74, 6) is -0.309. The van der Waals surface area contributed by atoms with Gasteiger partial charge in [-0.05, 0) is 51.0 Å². The summed E-state index contributed by atoms with van der Waals surface area (Å²) in [5.41, 5.74) is 4.05. The second-order valence-electron chi connectivity index (χ2n) is 4.66. The van der Waals surface area contributed by atoms with Gasteiger partial charge in [-0.3, -0.25) is 0 Å². The Labute approximate surface area is 122 Å². The van der Waals surface area contributed by atoms with E-state index in [9.17, 15) is 4.79 Å². The average Bonchev–Trinajstić information content (AvgIpc) is 2.69. The lowest BCUT2D eigenvalue weighted by molar-refractivity contribution is 0.0531. The molecule has 1 aromatic carbocycles. The second kappa shape index (κ2) is 6.05. The Morgan fingerprint density at radius 2 is 1.90 bits per heavy atom. The molecule has 0 aliphatic carbocycles. The molecule has 0 aliphatic rings. The van der Waals surface area contributed by atoms with Crippen molar-refractivity contribution in [1.29, 1.82) is 0 Å². The number of esters is 1. The van der Waals surface area contributed by atoms with Gasteiger partial charge in [0, 0.05) is 5.69 Å². The quantitative estimate of drug-likeness (QED) is 0.865. The van der Waals surface area contributed by atoms with Crippen molar-refractivity contribution in [2.75, 3.05) is 11.9 Å². The van der Waals surface area contributed by atoms with E-state index < -0.39 is 0 Å². The predicted octanol–water partition coefficient (Wildman–Crippen LogP) is 3.99. The van der Waals surface area contributed by atoms with Crippen LogP contribution in [0.3, 0.4) is 0 Å². The molecule has 20 heavy (non-hydrogen) atoms. The van der Waals surface area contributed by atoms with E-state index in [0.29, 0.717) is 22.3 Å². The number of carbonyl (C=O) groups excluding carboxylic acids is 1. The number of hydrogen-bond donors (Lipinski definition) is 1. The van der Waals surface area contributed by atoms with E-state index in [1.54, 1.807) is 6.92 Å². The Bertz CT molecular complexity index is 615. The Hall–Kier alpha value is -1.88. The lowest BCUT2D eigenvalue weighted by atomic mass is 10.1. The minimum absolute atomic E-state index is 0.309. The van der Waals surface area contributed by atoms with E-state index >= 15 is 0 Å². The van der Waals surface area contributed by atoms with Crippen molar-refractivity contribution >= 4 is 28.1 Å². The van der Waals surface area contributed by atoms with Gasteiger partial charge in [0.2, 0.25) is 0 Å². The van der Waals surface area contributed by atoms with E-state index in [1.807, 2.05) is 19.1 Å². The van der Waals surface area contributed by atoms with Crippen LogP contribution < -0.4 is 5.32 Å². The smallest absolute Gasteiger partial charge is 0.350 e. The third-order valence-electron chi connectivity index (χ3n) is 2.73. The minimum Gasteiger partial charge on any atom is -0.462 e. The fraction of sp³-hybridized carbons (Fsp3) is 0.333. The van der Waals surface area contributed by atoms with Crippen molar-refractivity contribution in [3.8, 4) is 0 Å². The number of carbonyl (C=O) groups is 1. The van der Waals surface area contributed by atoms with Crippen LogP contribution in [0.15, 0.2) is 18.2 Å². The van der Waals surface area contributed by atoms with Crippen molar-refractivity contribution in [3.05, 3.63) is 39.9 Å². The molecule has 0 fully saturated rings. The van der Waals surface area contributed by atoms with Gasteiger partial charge >= 0.3 is 5.97 Å². The number of benzene rings is 1. The van der Waals surface area contributed by atoms with Gasteiger partial charge in [0.25, 0.3) is 0 Å². The summed E-state index contributed by atoms with van der Waals surface area (Å²) < 4.78 is 5.01. The Morgan fingerprint density at radius 3 is 2.50 bits per heavy atom. The monoisotopic (exact) mass is 290 g/mol. The molecule has 106 valence electrons. The summed E-state index contributed by atoms with van der Waals surface area (Å²) in [7, 11) is 0. The van der Waals surface area contributed by atoms with E-state index in [4.69, 9.17) is 4.74 Å². The van der Waals surface area contributed by atoms with E-state index in [2.05, 4.69) is 30.2 Å². The van der Waals surface area contributed by atoms with Crippen molar-refractivity contribution in [3.63, 3.8) is 0 Å². The van der Waals surface area contributed by atoms with Crippen LogP contribution in [0.1, 0.15) is 33.4 Å². The summed E-state index contributed by atoms with van der Waals surface area (Å²) in [4.78, 5) is 16.7. The zero-order chi connectivity index (χ0) is 14.7. The number of aryl methyl sites for hydroxylation is 3. The molecule has 4 nitrogen and oxygen atoms in total. The maximum Gasteiger partial charge on any atom is 0.350 e. The highest BCUT2D eigenvalue weighted by atomic mass is 32.1. The highest BCUT2D eigenvalue weighted by Crippen LogP contribution is 2.27. The normalized spacial score (nSPS) is 10.4. The fourth-order valence-electron chi connectivity index (χ4n) is 2.01. The highest BCUT2D eigenvalue weighted by Gasteiger charge is 2.16. The lowest BCUT2D eigenvalue weighted by Crippen LogP contribution is -2.03. The third kappa shape index (κ3) is 3.36. The molecule has 0 spiro atoms. The summed E-state index contributed by atoms with van der Waals surface area (Å²) in [6, 6.07) is 6.21. The molecular formula is C15H18N2O2S. The minimum atomic E-state index is -0.309. The molecule has 0 unspecified atom stereocenters. The number of thiazole rings is 1. The highest BCUT2D eigenvalue weighted by molar-refractivity contribution is 7.17. The molecule has 1 N–H and O–H groups in total. The molecule has 2 aromatic rings. The number of aromatic nitrogens is 1.